The molecule has 0 atom stereocenters. The molecular formula is C43H27N3. The SMILES string of the molecule is c1ccc(-c2nc(-c3ccccc3)nc(-c3cccc4c(-c5ccc6ccc7c8ccccc8ccc7c6c5)cccc34)n2)cc1. The zero-order valence-electron chi connectivity index (χ0n) is 24.9. The number of rotatable bonds is 4. The summed E-state index contributed by atoms with van der Waals surface area (Å²) in [7, 11) is 0. The highest BCUT2D eigenvalue weighted by molar-refractivity contribution is 6.18. The largest absolute Gasteiger partial charge is 0.208 e. The lowest BCUT2D eigenvalue weighted by atomic mass is 9.92. The van der Waals surface area contributed by atoms with Crippen LogP contribution < -0.4 is 0 Å². The molecule has 0 aliphatic rings. The minimum atomic E-state index is 0.659. The molecular weight excluding hydrogens is 558 g/mol. The smallest absolute Gasteiger partial charge is 0.164 e. The van der Waals surface area contributed by atoms with Gasteiger partial charge in [0, 0.05) is 16.7 Å². The summed E-state index contributed by atoms with van der Waals surface area (Å²) >= 11 is 0. The maximum absolute atomic E-state index is 5.03. The van der Waals surface area contributed by atoms with Crippen LogP contribution in [0.25, 0.3) is 88.4 Å². The van der Waals surface area contributed by atoms with Crippen molar-refractivity contribution in [2.45, 2.75) is 0 Å². The van der Waals surface area contributed by atoms with Crippen molar-refractivity contribution < 1.29 is 0 Å². The van der Waals surface area contributed by atoms with Gasteiger partial charge >= 0.3 is 0 Å². The van der Waals surface area contributed by atoms with Gasteiger partial charge in [0.15, 0.2) is 17.5 Å². The second-order valence-corrected chi connectivity index (χ2v) is 11.6. The second-order valence-electron chi connectivity index (χ2n) is 11.6. The zero-order chi connectivity index (χ0) is 30.5. The molecule has 0 aliphatic carbocycles. The van der Waals surface area contributed by atoms with E-state index in [1.54, 1.807) is 0 Å². The lowest BCUT2D eigenvalue weighted by molar-refractivity contribution is 1.08. The van der Waals surface area contributed by atoms with Crippen molar-refractivity contribution in [3.05, 3.63) is 164 Å². The van der Waals surface area contributed by atoms with Gasteiger partial charge in [0.1, 0.15) is 0 Å². The monoisotopic (exact) mass is 585 g/mol. The average Bonchev–Trinajstić information content (AvgIpc) is 3.14. The minimum absolute atomic E-state index is 0.659. The third-order valence-electron chi connectivity index (χ3n) is 8.92. The van der Waals surface area contributed by atoms with Crippen molar-refractivity contribution in [2.24, 2.45) is 0 Å². The summed E-state index contributed by atoms with van der Waals surface area (Å²) < 4.78 is 0. The Morgan fingerprint density at radius 1 is 0.261 bits per heavy atom. The van der Waals surface area contributed by atoms with Crippen LogP contribution in [0.5, 0.6) is 0 Å². The van der Waals surface area contributed by atoms with E-state index in [1.165, 1.54) is 43.4 Å². The number of nitrogens with zero attached hydrogens (tertiary/aromatic N) is 3. The van der Waals surface area contributed by atoms with E-state index in [9.17, 15) is 0 Å². The molecule has 0 saturated heterocycles. The van der Waals surface area contributed by atoms with Crippen LogP contribution in [-0.2, 0) is 0 Å². The fourth-order valence-corrected chi connectivity index (χ4v) is 6.67. The first-order chi connectivity index (χ1) is 22.8. The van der Waals surface area contributed by atoms with Crippen molar-refractivity contribution >= 4 is 43.1 Å². The molecule has 8 aromatic carbocycles. The van der Waals surface area contributed by atoms with Gasteiger partial charge in [0.25, 0.3) is 0 Å². The molecule has 0 bridgehead atoms. The van der Waals surface area contributed by atoms with Crippen molar-refractivity contribution in [3.8, 4) is 45.3 Å². The third-order valence-corrected chi connectivity index (χ3v) is 8.92. The molecule has 46 heavy (non-hydrogen) atoms. The van der Waals surface area contributed by atoms with Gasteiger partial charge in [-0.2, -0.15) is 0 Å². The summed E-state index contributed by atoms with van der Waals surface area (Å²) in [5, 5.41) is 9.85. The summed E-state index contributed by atoms with van der Waals surface area (Å²) in [4.78, 5) is 15.0. The van der Waals surface area contributed by atoms with E-state index in [2.05, 4.69) is 103 Å². The summed E-state index contributed by atoms with van der Waals surface area (Å²) in [5.41, 5.74) is 5.26. The second kappa shape index (κ2) is 10.8. The Morgan fingerprint density at radius 2 is 0.761 bits per heavy atom. The fourth-order valence-electron chi connectivity index (χ4n) is 6.67. The molecule has 0 saturated carbocycles. The van der Waals surface area contributed by atoms with E-state index in [-0.39, 0.29) is 0 Å². The maximum atomic E-state index is 5.03. The van der Waals surface area contributed by atoms with Crippen LogP contribution in [-0.4, -0.2) is 15.0 Å². The van der Waals surface area contributed by atoms with Gasteiger partial charge in [0.05, 0.1) is 0 Å². The van der Waals surface area contributed by atoms with Gasteiger partial charge in [-0.1, -0.05) is 158 Å². The first-order valence-corrected chi connectivity index (χ1v) is 15.5. The first kappa shape index (κ1) is 26.2. The molecule has 0 spiro atoms. The molecule has 3 heteroatoms. The summed E-state index contributed by atoms with van der Waals surface area (Å²) in [6, 6.07) is 57.6. The van der Waals surface area contributed by atoms with Crippen LogP contribution >= 0.6 is 0 Å². The molecule has 0 unspecified atom stereocenters. The van der Waals surface area contributed by atoms with Crippen molar-refractivity contribution in [2.75, 3.05) is 0 Å². The molecule has 1 heterocycles. The lowest BCUT2D eigenvalue weighted by Crippen LogP contribution is -2.00. The molecule has 9 rings (SSSR count). The molecule has 9 aromatic rings. The van der Waals surface area contributed by atoms with E-state index < -0.39 is 0 Å². The molecule has 0 radical (unpaired) electrons. The van der Waals surface area contributed by atoms with Crippen molar-refractivity contribution in [1.82, 2.24) is 15.0 Å². The van der Waals surface area contributed by atoms with Crippen LogP contribution in [0.1, 0.15) is 0 Å². The van der Waals surface area contributed by atoms with Gasteiger partial charge in [-0.3, -0.25) is 0 Å². The number of aromatic nitrogens is 3. The van der Waals surface area contributed by atoms with Gasteiger partial charge in [0.2, 0.25) is 0 Å². The Kier molecular flexibility index (Phi) is 6.14. The Labute approximate surface area is 266 Å². The first-order valence-electron chi connectivity index (χ1n) is 15.5. The number of benzene rings is 8. The van der Waals surface area contributed by atoms with Crippen LogP contribution in [0, 0.1) is 0 Å². The predicted molar refractivity (Wildman–Crippen MR) is 192 cm³/mol. The van der Waals surface area contributed by atoms with E-state index >= 15 is 0 Å². The van der Waals surface area contributed by atoms with Crippen LogP contribution in [0.2, 0.25) is 0 Å². The minimum Gasteiger partial charge on any atom is -0.208 e. The van der Waals surface area contributed by atoms with Gasteiger partial charge in [-0.25, -0.2) is 15.0 Å². The predicted octanol–water partition coefficient (Wildman–Crippen LogP) is 11.2. The molecule has 1 aromatic heterocycles. The maximum Gasteiger partial charge on any atom is 0.164 e. The molecule has 3 nitrogen and oxygen atoms in total. The molecule has 0 fully saturated rings. The topological polar surface area (TPSA) is 38.7 Å². The van der Waals surface area contributed by atoms with Crippen molar-refractivity contribution in [1.29, 1.82) is 0 Å². The van der Waals surface area contributed by atoms with E-state index in [1.807, 2.05) is 60.7 Å². The quantitative estimate of drug-likeness (QED) is 0.193. The van der Waals surface area contributed by atoms with Crippen LogP contribution in [0.15, 0.2) is 164 Å². The Bertz CT molecular complexity index is 2520. The Balaban J connectivity index is 1.24. The number of hydrogen-bond donors (Lipinski definition) is 0. The summed E-state index contributed by atoms with van der Waals surface area (Å²) in [5.74, 6) is 1.98. The highest BCUT2D eigenvalue weighted by Crippen LogP contribution is 2.38. The molecule has 0 amide bonds. The highest BCUT2D eigenvalue weighted by Gasteiger charge is 2.16. The summed E-state index contributed by atoms with van der Waals surface area (Å²) in [6.45, 7) is 0. The molecule has 0 aliphatic heterocycles. The molecule has 214 valence electrons. The van der Waals surface area contributed by atoms with E-state index in [4.69, 9.17) is 15.0 Å². The fraction of sp³-hybridized carbons (Fsp3) is 0. The zero-order valence-corrected chi connectivity index (χ0v) is 24.9. The van der Waals surface area contributed by atoms with E-state index in [0.717, 1.165) is 27.5 Å². The van der Waals surface area contributed by atoms with Gasteiger partial charge in [-0.15, -0.1) is 0 Å². The van der Waals surface area contributed by atoms with Crippen LogP contribution in [0.4, 0.5) is 0 Å². The summed E-state index contributed by atoms with van der Waals surface area (Å²) in [6.07, 6.45) is 0. The Hall–Kier alpha value is -6.19. The molecule has 0 N–H and O–H groups in total. The normalized spacial score (nSPS) is 11.5. The Morgan fingerprint density at radius 3 is 1.46 bits per heavy atom. The van der Waals surface area contributed by atoms with Crippen molar-refractivity contribution in [3.63, 3.8) is 0 Å². The average molecular weight is 586 g/mol. The van der Waals surface area contributed by atoms with Crippen LogP contribution in [0.3, 0.4) is 0 Å². The lowest BCUT2D eigenvalue weighted by Gasteiger charge is -2.13. The number of hydrogen-bond acceptors (Lipinski definition) is 3. The van der Waals surface area contributed by atoms with Gasteiger partial charge < -0.3 is 0 Å². The van der Waals surface area contributed by atoms with Gasteiger partial charge in [-0.05, 0) is 60.3 Å². The standard InChI is InChI=1S/C43H27N3/c1-3-12-30(13-4-1)41-44-42(31-14-5-2-6-15-31)46-43(45-41)39-20-10-18-35-34(17-9-19-36(35)39)32-22-21-29-24-25-37-33-16-8-7-11-28(33)23-26-38(37)40(29)27-32/h1-27H. The highest BCUT2D eigenvalue weighted by atomic mass is 15.0. The number of fused-ring (bicyclic) bond motifs is 6. The van der Waals surface area contributed by atoms with E-state index in [0.29, 0.717) is 17.5 Å². The third kappa shape index (κ3) is 4.41.